The van der Waals surface area contributed by atoms with Crippen LogP contribution in [0.3, 0.4) is 0 Å². The lowest BCUT2D eigenvalue weighted by Gasteiger charge is -1.95. The minimum absolute atomic E-state index is 0.195. The van der Waals surface area contributed by atoms with E-state index >= 15 is 0 Å². The first-order valence-electron chi connectivity index (χ1n) is 3.77. The van der Waals surface area contributed by atoms with E-state index in [0.29, 0.717) is 0 Å². The molecule has 0 atom stereocenters. The lowest BCUT2D eigenvalue weighted by molar-refractivity contribution is 0.628. The Kier molecular flexibility index (Phi) is 2.47. The van der Waals surface area contributed by atoms with Crippen LogP contribution in [0.5, 0.6) is 0 Å². The van der Waals surface area contributed by atoms with E-state index in [-0.39, 0.29) is 5.82 Å². The second-order valence-corrected chi connectivity index (χ2v) is 5.07. The largest absolute Gasteiger partial charge is 0.207 e. The van der Waals surface area contributed by atoms with Crippen LogP contribution in [0.25, 0.3) is 10.4 Å². The van der Waals surface area contributed by atoms with Gasteiger partial charge in [0, 0.05) is 4.88 Å². The first kappa shape index (κ1) is 8.91. The second-order valence-electron chi connectivity index (χ2n) is 2.61. The second kappa shape index (κ2) is 3.60. The van der Waals surface area contributed by atoms with Gasteiger partial charge in [-0.05, 0) is 45.8 Å². The molecule has 2 aromatic rings. The Hall–Kier alpha value is -0.670. The number of thiophene rings is 1. The van der Waals surface area contributed by atoms with Crippen molar-refractivity contribution in [1.82, 2.24) is 0 Å². The predicted octanol–water partition coefficient (Wildman–Crippen LogP) is 4.32. The third kappa shape index (κ3) is 1.98. The minimum Gasteiger partial charge on any atom is -0.207 e. The fourth-order valence-corrected chi connectivity index (χ4v) is 2.48. The summed E-state index contributed by atoms with van der Waals surface area (Å²) in [6.07, 6.45) is 0. The Morgan fingerprint density at radius 2 is 1.69 bits per heavy atom. The maximum atomic E-state index is 12.6. The van der Waals surface area contributed by atoms with E-state index in [0.717, 1.165) is 14.2 Å². The average molecular weight is 257 g/mol. The highest BCUT2D eigenvalue weighted by molar-refractivity contribution is 9.11. The summed E-state index contributed by atoms with van der Waals surface area (Å²) in [7, 11) is 0. The fraction of sp³-hybridized carbons (Fsp3) is 0. The zero-order chi connectivity index (χ0) is 9.26. The molecule has 2 rings (SSSR count). The van der Waals surface area contributed by atoms with Crippen LogP contribution in [0.15, 0.2) is 40.2 Å². The van der Waals surface area contributed by atoms with Crippen molar-refractivity contribution >= 4 is 27.3 Å². The maximum Gasteiger partial charge on any atom is 0.123 e. The molecule has 0 radical (unpaired) electrons. The number of rotatable bonds is 1. The molecule has 1 aromatic heterocycles. The van der Waals surface area contributed by atoms with E-state index < -0.39 is 0 Å². The van der Waals surface area contributed by atoms with Gasteiger partial charge in [-0.3, -0.25) is 0 Å². The molecular formula is C10H6BrFS. The standard InChI is InChI=1S/C10H6BrFS/c11-10-6-5-9(13-10)7-1-3-8(12)4-2-7/h1-6H. The summed E-state index contributed by atoms with van der Waals surface area (Å²) >= 11 is 5.03. The van der Waals surface area contributed by atoms with Crippen molar-refractivity contribution in [1.29, 1.82) is 0 Å². The lowest BCUT2D eigenvalue weighted by Crippen LogP contribution is -1.73. The minimum atomic E-state index is -0.195. The molecule has 0 amide bonds. The van der Waals surface area contributed by atoms with Gasteiger partial charge in [0.25, 0.3) is 0 Å². The summed E-state index contributed by atoms with van der Waals surface area (Å²) in [6.45, 7) is 0. The molecule has 0 spiro atoms. The summed E-state index contributed by atoms with van der Waals surface area (Å²) in [5, 5.41) is 0. The van der Waals surface area contributed by atoms with E-state index in [1.807, 2.05) is 12.1 Å². The first-order valence-corrected chi connectivity index (χ1v) is 5.38. The quantitative estimate of drug-likeness (QED) is 0.713. The number of benzene rings is 1. The van der Waals surface area contributed by atoms with Gasteiger partial charge in [0.2, 0.25) is 0 Å². The monoisotopic (exact) mass is 256 g/mol. The molecule has 0 aliphatic rings. The van der Waals surface area contributed by atoms with Gasteiger partial charge in [-0.2, -0.15) is 0 Å². The molecule has 0 saturated heterocycles. The smallest absolute Gasteiger partial charge is 0.123 e. The normalized spacial score (nSPS) is 10.3. The van der Waals surface area contributed by atoms with Crippen molar-refractivity contribution in [3.05, 3.63) is 46.0 Å². The third-order valence-corrected chi connectivity index (χ3v) is 3.37. The van der Waals surface area contributed by atoms with E-state index in [1.54, 1.807) is 23.5 Å². The van der Waals surface area contributed by atoms with E-state index in [1.165, 1.54) is 12.1 Å². The van der Waals surface area contributed by atoms with Crippen molar-refractivity contribution in [3.8, 4) is 10.4 Å². The molecule has 0 aliphatic carbocycles. The van der Waals surface area contributed by atoms with Crippen LogP contribution in [0.2, 0.25) is 0 Å². The SMILES string of the molecule is Fc1ccc(-c2ccc(Br)s2)cc1. The average Bonchev–Trinajstić information content (AvgIpc) is 2.53. The molecule has 13 heavy (non-hydrogen) atoms. The van der Waals surface area contributed by atoms with Gasteiger partial charge in [-0.15, -0.1) is 11.3 Å². The summed E-state index contributed by atoms with van der Waals surface area (Å²) in [5.74, 6) is -0.195. The highest BCUT2D eigenvalue weighted by atomic mass is 79.9. The molecule has 0 nitrogen and oxygen atoms in total. The van der Waals surface area contributed by atoms with Crippen molar-refractivity contribution in [3.63, 3.8) is 0 Å². The zero-order valence-electron chi connectivity index (χ0n) is 6.63. The molecule has 1 heterocycles. The molecule has 0 aliphatic heterocycles. The Labute approximate surface area is 88.2 Å². The molecule has 0 unspecified atom stereocenters. The first-order chi connectivity index (χ1) is 6.25. The van der Waals surface area contributed by atoms with Crippen LogP contribution in [-0.2, 0) is 0 Å². The van der Waals surface area contributed by atoms with Crippen LogP contribution in [0.4, 0.5) is 4.39 Å². The van der Waals surface area contributed by atoms with Crippen molar-refractivity contribution < 1.29 is 4.39 Å². The third-order valence-electron chi connectivity index (χ3n) is 1.70. The summed E-state index contributed by atoms with van der Waals surface area (Å²) in [6, 6.07) is 10.5. The van der Waals surface area contributed by atoms with Crippen molar-refractivity contribution in [2.24, 2.45) is 0 Å². The van der Waals surface area contributed by atoms with E-state index in [4.69, 9.17) is 0 Å². The Balaban J connectivity index is 2.41. The van der Waals surface area contributed by atoms with Gasteiger partial charge in [0.1, 0.15) is 5.82 Å². The summed E-state index contributed by atoms with van der Waals surface area (Å²) in [4.78, 5) is 1.15. The van der Waals surface area contributed by atoms with Crippen LogP contribution >= 0.6 is 27.3 Å². The summed E-state index contributed by atoms with van der Waals surface area (Å²) in [5.41, 5.74) is 1.05. The highest BCUT2D eigenvalue weighted by Crippen LogP contribution is 2.30. The molecule has 66 valence electrons. The van der Waals surface area contributed by atoms with E-state index in [9.17, 15) is 4.39 Å². The van der Waals surface area contributed by atoms with Crippen LogP contribution in [-0.4, -0.2) is 0 Å². The van der Waals surface area contributed by atoms with Crippen molar-refractivity contribution in [2.45, 2.75) is 0 Å². The molecule has 0 fully saturated rings. The molecule has 0 N–H and O–H groups in total. The van der Waals surface area contributed by atoms with Gasteiger partial charge in [0.05, 0.1) is 3.79 Å². The van der Waals surface area contributed by atoms with Gasteiger partial charge in [-0.25, -0.2) is 4.39 Å². The number of halogens is 2. The van der Waals surface area contributed by atoms with E-state index in [2.05, 4.69) is 15.9 Å². The van der Waals surface area contributed by atoms with Gasteiger partial charge < -0.3 is 0 Å². The topological polar surface area (TPSA) is 0 Å². The predicted molar refractivity (Wildman–Crippen MR) is 57.4 cm³/mol. The molecular weight excluding hydrogens is 251 g/mol. The highest BCUT2D eigenvalue weighted by Gasteiger charge is 2.00. The van der Waals surface area contributed by atoms with Crippen LogP contribution < -0.4 is 0 Å². The van der Waals surface area contributed by atoms with Crippen molar-refractivity contribution in [2.75, 3.05) is 0 Å². The number of hydrogen-bond acceptors (Lipinski definition) is 1. The Morgan fingerprint density at radius 1 is 1.00 bits per heavy atom. The van der Waals surface area contributed by atoms with Gasteiger partial charge in [0.15, 0.2) is 0 Å². The Morgan fingerprint density at radius 3 is 2.23 bits per heavy atom. The maximum absolute atomic E-state index is 12.6. The number of hydrogen-bond donors (Lipinski definition) is 0. The van der Waals surface area contributed by atoms with Gasteiger partial charge in [-0.1, -0.05) is 12.1 Å². The van der Waals surface area contributed by atoms with Gasteiger partial charge >= 0.3 is 0 Å². The Bertz CT molecular complexity index is 405. The van der Waals surface area contributed by atoms with Crippen LogP contribution in [0.1, 0.15) is 0 Å². The fourth-order valence-electron chi connectivity index (χ4n) is 1.08. The van der Waals surface area contributed by atoms with Crippen LogP contribution in [0, 0.1) is 5.82 Å². The summed E-state index contributed by atoms with van der Waals surface area (Å²) < 4.78 is 13.7. The molecule has 1 aromatic carbocycles. The molecule has 3 heteroatoms. The molecule has 0 saturated carbocycles. The molecule has 0 bridgehead atoms. The zero-order valence-corrected chi connectivity index (χ0v) is 9.03. The lowest BCUT2D eigenvalue weighted by atomic mass is 10.2.